The summed E-state index contributed by atoms with van der Waals surface area (Å²) in [7, 11) is 0. The Kier molecular flexibility index (Phi) is 6.52. The molecule has 1 aliphatic rings. The van der Waals surface area contributed by atoms with E-state index in [0.29, 0.717) is 5.92 Å². The number of amides is 1. The first-order valence-corrected chi connectivity index (χ1v) is 6.90. The van der Waals surface area contributed by atoms with E-state index in [1.165, 1.54) is 6.42 Å². The molecule has 1 amide bonds. The SMILES string of the molecule is CCCCNC(=O)C(C)N1CCC(CCN)C1. The molecule has 0 radical (unpaired) electrons. The molecule has 0 bridgehead atoms. The third-order valence-electron chi connectivity index (χ3n) is 3.65. The van der Waals surface area contributed by atoms with Gasteiger partial charge in [0.1, 0.15) is 0 Å². The molecule has 1 rings (SSSR count). The second-order valence-electron chi connectivity index (χ2n) is 5.05. The number of carbonyl (C=O) groups is 1. The van der Waals surface area contributed by atoms with Crippen molar-refractivity contribution in [2.45, 2.75) is 45.6 Å². The summed E-state index contributed by atoms with van der Waals surface area (Å²) in [5, 5.41) is 3.00. The van der Waals surface area contributed by atoms with Gasteiger partial charge >= 0.3 is 0 Å². The minimum Gasteiger partial charge on any atom is -0.355 e. The normalized spacial score (nSPS) is 22.6. The molecular formula is C13H27N3O. The van der Waals surface area contributed by atoms with E-state index >= 15 is 0 Å². The second-order valence-corrected chi connectivity index (χ2v) is 5.05. The lowest BCUT2D eigenvalue weighted by Gasteiger charge is -2.23. The Morgan fingerprint density at radius 1 is 1.59 bits per heavy atom. The fraction of sp³-hybridized carbons (Fsp3) is 0.923. The van der Waals surface area contributed by atoms with Crippen molar-refractivity contribution in [3.63, 3.8) is 0 Å². The van der Waals surface area contributed by atoms with Crippen molar-refractivity contribution in [3.05, 3.63) is 0 Å². The minimum atomic E-state index is 0.00892. The number of hydrogen-bond acceptors (Lipinski definition) is 3. The molecule has 0 spiro atoms. The van der Waals surface area contributed by atoms with E-state index in [1.807, 2.05) is 6.92 Å². The molecule has 0 aromatic rings. The summed E-state index contributed by atoms with van der Waals surface area (Å²) < 4.78 is 0. The fourth-order valence-electron chi connectivity index (χ4n) is 2.39. The number of hydrogen-bond donors (Lipinski definition) is 2. The van der Waals surface area contributed by atoms with Crippen molar-refractivity contribution < 1.29 is 4.79 Å². The van der Waals surface area contributed by atoms with Crippen LogP contribution in [0.25, 0.3) is 0 Å². The van der Waals surface area contributed by atoms with E-state index in [1.54, 1.807) is 0 Å². The molecule has 0 saturated carbocycles. The van der Waals surface area contributed by atoms with Crippen LogP contribution in [0.5, 0.6) is 0 Å². The van der Waals surface area contributed by atoms with Crippen molar-refractivity contribution in [2.75, 3.05) is 26.2 Å². The Balaban J connectivity index is 2.27. The molecule has 2 unspecified atom stereocenters. The van der Waals surface area contributed by atoms with E-state index in [9.17, 15) is 4.79 Å². The number of nitrogens with zero attached hydrogens (tertiary/aromatic N) is 1. The van der Waals surface area contributed by atoms with Gasteiger partial charge in [-0.25, -0.2) is 0 Å². The average molecular weight is 241 g/mol. The van der Waals surface area contributed by atoms with E-state index < -0.39 is 0 Å². The standard InChI is InChI=1S/C13H27N3O/c1-3-4-8-15-13(17)11(2)16-9-6-12(10-16)5-7-14/h11-12H,3-10,14H2,1-2H3,(H,15,17). The highest BCUT2D eigenvalue weighted by molar-refractivity contribution is 5.81. The van der Waals surface area contributed by atoms with Gasteiger partial charge in [0.2, 0.25) is 5.91 Å². The number of nitrogens with one attached hydrogen (secondary N) is 1. The summed E-state index contributed by atoms with van der Waals surface area (Å²) in [5.41, 5.74) is 5.57. The van der Waals surface area contributed by atoms with E-state index in [2.05, 4.69) is 17.1 Å². The average Bonchev–Trinajstić information content (AvgIpc) is 2.77. The topological polar surface area (TPSA) is 58.4 Å². The molecule has 0 aliphatic carbocycles. The van der Waals surface area contributed by atoms with Gasteiger partial charge in [0.15, 0.2) is 0 Å². The maximum Gasteiger partial charge on any atom is 0.237 e. The lowest BCUT2D eigenvalue weighted by atomic mass is 10.1. The van der Waals surface area contributed by atoms with Crippen molar-refractivity contribution in [3.8, 4) is 0 Å². The Morgan fingerprint density at radius 3 is 3.00 bits per heavy atom. The summed E-state index contributed by atoms with van der Waals surface area (Å²) >= 11 is 0. The van der Waals surface area contributed by atoms with Gasteiger partial charge in [0.25, 0.3) is 0 Å². The van der Waals surface area contributed by atoms with Crippen molar-refractivity contribution in [1.82, 2.24) is 10.2 Å². The quantitative estimate of drug-likeness (QED) is 0.653. The zero-order valence-electron chi connectivity index (χ0n) is 11.2. The lowest BCUT2D eigenvalue weighted by molar-refractivity contribution is -0.125. The van der Waals surface area contributed by atoms with Crippen molar-refractivity contribution >= 4 is 5.91 Å². The Morgan fingerprint density at radius 2 is 2.35 bits per heavy atom. The first-order valence-electron chi connectivity index (χ1n) is 6.90. The smallest absolute Gasteiger partial charge is 0.237 e. The second kappa shape index (κ2) is 7.67. The number of nitrogens with two attached hydrogens (primary N) is 1. The first-order chi connectivity index (χ1) is 8.19. The number of rotatable bonds is 7. The molecule has 17 heavy (non-hydrogen) atoms. The molecule has 0 aromatic carbocycles. The highest BCUT2D eigenvalue weighted by Gasteiger charge is 2.28. The minimum absolute atomic E-state index is 0.00892. The predicted octanol–water partition coefficient (Wildman–Crippen LogP) is 0.962. The van der Waals surface area contributed by atoms with Gasteiger partial charge in [-0.15, -0.1) is 0 Å². The molecule has 3 N–H and O–H groups in total. The number of likely N-dealkylation sites (tertiary alicyclic amines) is 1. The summed E-state index contributed by atoms with van der Waals surface area (Å²) in [6, 6.07) is 0.00892. The van der Waals surface area contributed by atoms with Crippen LogP contribution >= 0.6 is 0 Å². The zero-order chi connectivity index (χ0) is 12.7. The van der Waals surface area contributed by atoms with E-state index in [4.69, 9.17) is 5.73 Å². The number of unbranched alkanes of at least 4 members (excludes halogenated alkanes) is 1. The van der Waals surface area contributed by atoms with Crippen LogP contribution in [-0.2, 0) is 4.79 Å². The Bertz CT molecular complexity index is 233. The van der Waals surface area contributed by atoms with Gasteiger partial charge in [-0.1, -0.05) is 13.3 Å². The molecule has 1 saturated heterocycles. The molecule has 4 heteroatoms. The summed E-state index contributed by atoms with van der Waals surface area (Å²) in [6.07, 6.45) is 4.45. The van der Waals surface area contributed by atoms with Gasteiger partial charge in [-0.2, -0.15) is 0 Å². The first kappa shape index (κ1) is 14.5. The monoisotopic (exact) mass is 241 g/mol. The summed E-state index contributed by atoms with van der Waals surface area (Å²) in [6.45, 7) is 7.77. The van der Waals surface area contributed by atoms with Crippen LogP contribution in [0.15, 0.2) is 0 Å². The fourth-order valence-corrected chi connectivity index (χ4v) is 2.39. The Labute approximate surface area is 105 Å². The van der Waals surface area contributed by atoms with Gasteiger partial charge in [0.05, 0.1) is 6.04 Å². The van der Waals surface area contributed by atoms with E-state index in [-0.39, 0.29) is 11.9 Å². The highest BCUT2D eigenvalue weighted by atomic mass is 16.2. The zero-order valence-corrected chi connectivity index (χ0v) is 11.2. The third kappa shape index (κ3) is 4.64. The van der Waals surface area contributed by atoms with Gasteiger partial charge in [0, 0.05) is 13.1 Å². The Hall–Kier alpha value is -0.610. The van der Waals surface area contributed by atoms with Crippen LogP contribution in [0.1, 0.15) is 39.5 Å². The maximum atomic E-state index is 11.9. The largest absolute Gasteiger partial charge is 0.355 e. The van der Waals surface area contributed by atoms with Crippen LogP contribution in [0.3, 0.4) is 0 Å². The van der Waals surface area contributed by atoms with Gasteiger partial charge in [-0.05, 0) is 45.2 Å². The molecule has 100 valence electrons. The maximum absolute atomic E-state index is 11.9. The molecule has 1 heterocycles. The highest BCUT2D eigenvalue weighted by Crippen LogP contribution is 2.20. The van der Waals surface area contributed by atoms with E-state index in [0.717, 1.165) is 45.4 Å². The lowest BCUT2D eigenvalue weighted by Crippen LogP contribution is -2.44. The molecule has 1 aliphatic heterocycles. The molecule has 0 aromatic heterocycles. The summed E-state index contributed by atoms with van der Waals surface area (Å²) in [4.78, 5) is 14.2. The van der Waals surface area contributed by atoms with Crippen molar-refractivity contribution in [2.24, 2.45) is 11.7 Å². The van der Waals surface area contributed by atoms with Gasteiger partial charge in [-0.3, -0.25) is 9.69 Å². The molecular weight excluding hydrogens is 214 g/mol. The van der Waals surface area contributed by atoms with Crippen LogP contribution < -0.4 is 11.1 Å². The van der Waals surface area contributed by atoms with Gasteiger partial charge < -0.3 is 11.1 Å². The van der Waals surface area contributed by atoms with Crippen molar-refractivity contribution in [1.29, 1.82) is 0 Å². The van der Waals surface area contributed by atoms with Crippen LogP contribution in [0.4, 0.5) is 0 Å². The molecule has 1 fully saturated rings. The predicted molar refractivity (Wildman–Crippen MR) is 70.7 cm³/mol. The van der Waals surface area contributed by atoms with Crippen LogP contribution in [-0.4, -0.2) is 43.0 Å². The van der Waals surface area contributed by atoms with Crippen LogP contribution in [0, 0.1) is 5.92 Å². The molecule has 2 atom stereocenters. The number of carbonyl (C=O) groups excluding carboxylic acids is 1. The van der Waals surface area contributed by atoms with Crippen LogP contribution in [0.2, 0.25) is 0 Å². The molecule has 4 nitrogen and oxygen atoms in total. The third-order valence-corrected chi connectivity index (χ3v) is 3.65. The summed E-state index contributed by atoms with van der Waals surface area (Å²) in [5.74, 6) is 0.859.